The van der Waals surface area contributed by atoms with Gasteiger partial charge >= 0.3 is 0 Å². The van der Waals surface area contributed by atoms with Crippen molar-refractivity contribution in [3.63, 3.8) is 0 Å². The van der Waals surface area contributed by atoms with Gasteiger partial charge in [-0.2, -0.15) is 0 Å². The molecule has 1 saturated heterocycles. The third-order valence-electron chi connectivity index (χ3n) is 4.39. The van der Waals surface area contributed by atoms with Crippen molar-refractivity contribution in [3.05, 3.63) is 11.5 Å². The van der Waals surface area contributed by atoms with Gasteiger partial charge in [-0.15, -0.1) is 0 Å². The van der Waals surface area contributed by atoms with E-state index in [2.05, 4.69) is 5.32 Å². The van der Waals surface area contributed by atoms with E-state index in [1.54, 1.807) is 17.9 Å². The first-order valence-corrected chi connectivity index (χ1v) is 8.56. The van der Waals surface area contributed by atoms with Crippen molar-refractivity contribution in [1.82, 2.24) is 10.2 Å². The maximum Gasteiger partial charge on any atom is 0.248 e. The minimum absolute atomic E-state index is 0.0757. The fraction of sp³-hybridized carbons (Fsp3) is 0.692. The van der Waals surface area contributed by atoms with E-state index in [1.807, 2.05) is 0 Å². The average Bonchev–Trinajstić information content (AvgIpc) is 3.15. The molecule has 3 aliphatic rings. The molecule has 1 N–H and O–H groups in total. The molecule has 3 rings (SSSR count). The highest BCUT2D eigenvalue weighted by Gasteiger charge is 2.52. The molecule has 0 aromatic carbocycles. The Kier molecular flexibility index (Phi) is 2.93. The van der Waals surface area contributed by atoms with E-state index >= 15 is 0 Å². The van der Waals surface area contributed by atoms with Crippen LogP contribution in [0.4, 0.5) is 0 Å². The van der Waals surface area contributed by atoms with Crippen molar-refractivity contribution in [2.24, 2.45) is 5.92 Å². The second-order valence-electron chi connectivity index (χ2n) is 6.00. The zero-order valence-corrected chi connectivity index (χ0v) is 12.1. The lowest BCUT2D eigenvalue weighted by Crippen LogP contribution is -2.58. The highest BCUT2D eigenvalue weighted by molar-refractivity contribution is 7.94. The predicted octanol–water partition coefficient (Wildman–Crippen LogP) is -0.186. The van der Waals surface area contributed by atoms with Crippen LogP contribution >= 0.6 is 0 Å². The second-order valence-corrected chi connectivity index (χ2v) is 7.93. The molecule has 110 valence electrons. The molecule has 2 heterocycles. The van der Waals surface area contributed by atoms with Crippen molar-refractivity contribution in [1.29, 1.82) is 0 Å². The second kappa shape index (κ2) is 4.31. The van der Waals surface area contributed by atoms with Crippen molar-refractivity contribution in [3.8, 4) is 0 Å². The van der Waals surface area contributed by atoms with Gasteiger partial charge in [0.2, 0.25) is 11.8 Å². The number of carbonyl (C=O) groups is 2. The number of hydrogen-bond acceptors (Lipinski definition) is 4. The van der Waals surface area contributed by atoms with Crippen LogP contribution in [0.25, 0.3) is 0 Å². The Labute approximate surface area is 118 Å². The summed E-state index contributed by atoms with van der Waals surface area (Å²) in [6, 6.07) is -0.446. The van der Waals surface area contributed by atoms with E-state index in [9.17, 15) is 18.0 Å². The van der Waals surface area contributed by atoms with Crippen LogP contribution in [0.3, 0.4) is 0 Å². The van der Waals surface area contributed by atoms with Crippen molar-refractivity contribution in [2.75, 3.05) is 12.3 Å². The lowest BCUT2D eigenvalue weighted by molar-refractivity contribution is -0.140. The summed E-state index contributed by atoms with van der Waals surface area (Å²) in [6.45, 7) is 2.04. The summed E-state index contributed by atoms with van der Waals surface area (Å²) in [4.78, 5) is 26.2. The number of nitrogens with one attached hydrogen (secondary N) is 1. The molecular weight excluding hydrogens is 280 g/mol. The third-order valence-corrected chi connectivity index (χ3v) is 5.77. The number of rotatable bonds is 2. The Balaban J connectivity index is 1.89. The van der Waals surface area contributed by atoms with Crippen LogP contribution in [-0.4, -0.2) is 49.0 Å². The summed E-state index contributed by atoms with van der Waals surface area (Å²) in [5.74, 6) is -0.201. The molecule has 0 aromatic rings. The zero-order valence-electron chi connectivity index (χ0n) is 11.3. The molecule has 0 radical (unpaired) electrons. The van der Waals surface area contributed by atoms with Gasteiger partial charge in [0.1, 0.15) is 5.54 Å². The number of hydrogen-bond donors (Lipinski definition) is 1. The summed E-state index contributed by atoms with van der Waals surface area (Å²) >= 11 is 0. The van der Waals surface area contributed by atoms with E-state index in [0.29, 0.717) is 0 Å². The summed E-state index contributed by atoms with van der Waals surface area (Å²) in [5.41, 5.74) is -0.881. The van der Waals surface area contributed by atoms with Crippen LogP contribution < -0.4 is 5.32 Å². The summed E-state index contributed by atoms with van der Waals surface area (Å²) in [7, 11) is -3.22. The maximum absolute atomic E-state index is 12.8. The van der Waals surface area contributed by atoms with Crippen LogP contribution in [0, 0.1) is 5.92 Å². The Morgan fingerprint density at radius 1 is 1.35 bits per heavy atom. The average molecular weight is 298 g/mol. The Morgan fingerprint density at radius 2 is 2.05 bits per heavy atom. The summed E-state index contributed by atoms with van der Waals surface area (Å²) in [6.07, 6.45) is 3.62. The number of carbonyl (C=O) groups excluding carboxylic acids is 2. The normalized spacial score (nSPS) is 36.9. The molecule has 2 amide bonds. The first-order valence-electron chi connectivity index (χ1n) is 6.85. The Morgan fingerprint density at radius 3 is 2.60 bits per heavy atom. The molecule has 0 bridgehead atoms. The van der Waals surface area contributed by atoms with Gasteiger partial charge < -0.3 is 10.2 Å². The van der Waals surface area contributed by atoms with Gasteiger partial charge in [-0.3, -0.25) is 9.59 Å². The number of amides is 2. The minimum Gasteiger partial charge on any atom is -0.342 e. The number of sulfone groups is 1. The van der Waals surface area contributed by atoms with Crippen molar-refractivity contribution < 1.29 is 18.0 Å². The Bertz CT molecular complexity index is 593. The zero-order chi connectivity index (χ0) is 14.5. The van der Waals surface area contributed by atoms with Gasteiger partial charge in [-0.1, -0.05) is 0 Å². The first-order chi connectivity index (χ1) is 9.32. The van der Waals surface area contributed by atoms with Gasteiger partial charge in [0, 0.05) is 18.4 Å². The molecule has 0 spiro atoms. The highest BCUT2D eigenvalue weighted by atomic mass is 32.2. The van der Waals surface area contributed by atoms with E-state index in [4.69, 9.17) is 0 Å². The van der Waals surface area contributed by atoms with Gasteiger partial charge in [0.25, 0.3) is 0 Å². The molecule has 7 heteroatoms. The maximum atomic E-state index is 12.8. The van der Waals surface area contributed by atoms with Gasteiger partial charge in [0.15, 0.2) is 9.84 Å². The first kappa shape index (κ1) is 13.6. The molecule has 2 aliphatic heterocycles. The van der Waals surface area contributed by atoms with Crippen LogP contribution in [0.1, 0.15) is 26.2 Å². The molecular formula is C13H18N2O4S. The highest BCUT2D eigenvalue weighted by Crippen LogP contribution is 2.41. The standard InChI is InChI=1S/C13H18N2O4S/c1-13(9-2-3-9)12(17)15(6-4-11(16)14-13)10-5-7-20(18,19)8-10/h5,7,9-10H,2-4,6,8H2,1H3,(H,14,16). The van der Waals surface area contributed by atoms with E-state index in [1.165, 1.54) is 5.41 Å². The Hall–Kier alpha value is -1.37. The lowest BCUT2D eigenvalue weighted by Gasteiger charge is -2.34. The smallest absolute Gasteiger partial charge is 0.248 e. The molecule has 2 unspecified atom stereocenters. The predicted molar refractivity (Wildman–Crippen MR) is 72.3 cm³/mol. The van der Waals surface area contributed by atoms with Gasteiger partial charge in [-0.25, -0.2) is 8.42 Å². The fourth-order valence-electron chi connectivity index (χ4n) is 3.03. The molecule has 20 heavy (non-hydrogen) atoms. The van der Waals surface area contributed by atoms with Crippen molar-refractivity contribution >= 4 is 21.7 Å². The summed E-state index contributed by atoms with van der Waals surface area (Å²) in [5, 5.41) is 4.00. The molecule has 1 saturated carbocycles. The summed E-state index contributed by atoms with van der Waals surface area (Å²) < 4.78 is 23.1. The van der Waals surface area contributed by atoms with E-state index < -0.39 is 21.4 Å². The molecule has 6 nitrogen and oxygen atoms in total. The van der Waals surface area contributed by atoms with E-state index in [0.717, 1.165) is 12.8 Å². The fourth-order valence-corrected chi connectivity index (χ4v) is 4.33. The third kappa shape index (κ3) is 2.24. The minimum atomic E-state index is -3.22. The molecule has 2 fully saturated rings. The van der Waals surface area contributed by atoms with Crippen LogP contribution in [0.5, 0.6) is 0 Å². The largest absolute Gasteiger partial charge is 0.342 e. The number of nitrogens with zero attached hydrogens (tertiary/aromatic N) is 1. The van der Waals surface area contributed by atoms with Gasteiger partial charge in [0.05, 0.1) is 11.8 Å². The quantitative estimate of drug-likeness (QED) is 0.766. The lowest BCUT2D eigenvalue weighted by atomic mass is 9.93. The SMILES string of the molecule is CC1(C2CC2)NC(=O)CCN(C2C=CS(=O)(=O)C2)C1=O. The van der Waals surface area contributed by atoms with Crippen LogP contribution in [-0.2, 0) is 19.4 Å². The molecule has 2 atom stereocenters. The molecule has 0 aromatic heterocycles. The monoisotopic (exact) mass is 298 g/mol. The van der Waals surface area contributed by atoms with E-state index in [-0.39, 0.29) is 36.5 Å². The van der Waals surface area contributed by atoms with Crippen molar-refractivity contribution in [2.45, 2.75) is 37.8 Å². The van der Waals surface area contributed by atoms with Crippen LogP contribution in [0.15, 0.2) is 11.5 Å². The van der Waals surface area contributed by atoms with Crippen LogP contribution in [0.2, 0.25) is 0 Å². The van der Waals surface area contributed by atoms with Gasteiger partial charge in [-0.05, 0) is 31.8 Å². The molecule has 1 aliphatic carbocycles. The topological polar surface area (TPSA) is 83.6 Å².